The third-order valence-corrected chi connectivity index (χ3v) is 2.17. The van der Waals surface area contributed by atoms with Crippen LogP contribution < -0.4 is 5.32 Å². The highest BCUT2D eigenvalue weighted by Crippen LogP contribution is 2.32. The summed E-state index contributed by atoms with van der Waals surface area (Å²) in [7, 11) is 0. The highest BCUT2D eigenvalue weighted by atomic mass is 16.2. The minimum atomic E-state index is 0.0150. The van der Waals surface area contributed by atoms with Crippen LogP contribution in [0.1, 0.15) is 19.4 Å². The fraction of sp³-hybridized carbons (Fsp3) is 0.182. The molecule has 0 saturated heterocycles. The predicted octanol–water partition coefficient (Wildman–Crippen LogP) is 2.43. The Morgan fingerprint density at radius 2 is 1.92 bits per heavy atom. The molecule has 13 heavy (non-hydrogen) atoms. The summed E-state index contributed by atoms with van der Waals surface area (Å²) in [4.78, 5) is 11.5. The zero-order valence-corrected chi connectivity index (χ0v) is 7.72. The number of amides is 1. The normalized spacial score (nSPS) is 14.0. The first-order valence-corrected chi connectivity index (χ1v) is 4.28. The molecule has 0 fully saturated rings. The number of nitrogens with one attached hydrogen (secondary N) is 1. The van der Waals surface area contributed by atoms with Crippen molar-refractivity contribution in [3.63, 3.8) is 0 Å². The quantitative estimate of drug-likeness (QED) is 0.600. The molecule has 0 atom stereocenters. The smallest absolute Gasteiger partial charge is 0.256 e. The maximum Gasteiger partial charge on any atom is 0.256 e. The van der Waals surface area contributed by atoms with E-state index in [9.17, 15) is 4.79 Å². The Morgan fingerprint density at radius 1 is 1.23 bits per heavy atom. The summed E-state index contributed by atoms with van der Waals surface area (Å²) in [6.07, 6.45) is 0. The molecule has 1 aromatic carbocycles. The molecule has 1 amide bonds. The Labute approximate surface area is 77.3 Å². The SMILES string of the molecule is CC(C)=C1C(=O)Nc2ccccc21. The van der Waals surface area contributed by atoms with Crippen LogP contribution in [0.3, 0.4) is 0 Å². The molecular formula is C11H11NO. The molecule has 1 aromatic rings. The zero-order chi connectivity index (χ0) is 9.42. The Kier molecular flexibility index (Phi) is 1.69. The van der Waals surface area contributed by atoms with Crippen molar-refractivity contribution in [3.8, 4) is 0 Å². The van der Waals surface area contributed by atoms with E-state index in [0.29, 0.717) is 0 Å². The molecule has 2 heteroatoms. The number of benzene rings is 1. The van der Waals surface area contributed by atoms with Crippen LogP contribution in [0.5, 0.6) is 0 Å². The first-order valence-electron chi connectivity index (χ1n) is 4.28. The van der Waals surface area contributed by atoms with Crippen LogP contribution in [0.25, 0.3) is 5.57 Å². The lowest BCUT2D eigenvalue weighted by atomic mass is 10.0. The number of allylic oxidation sites excluding steroid dienone is 1. The van der Waals surface area contributed by atoms with Crippen LogP contribution in [-0.4, -0.2) is 5.91 Å². The van der Waals surface area contributed by atoms with Gasteiger partial charge in [-0.15, -0.1) is 0 Å². The second-order valence-corrected chi connectivity index (χ2v) is 3.37. The minimum Gasteiger partial charge on any atom is -0.321 e. The van der Waals surface area contributed by atoms with Gasteiger partial charge in [0.1, 0.15) is 0 Å². The van der Waals surface area contributed by atoms with E-state index in [1.165, 1.54) is 0 Å². The van der Waals surface area contributed by atoms with Crippen LogP contribution in [0, 0.1) is 0 Å². The van der Waals surface area contributed by atoms with E-state index in [1.807, 2.05) is 38.1 Å². The number of carbonyl (C=O) groups is 1. The van der Waals surface area contributed by atoms with Crippen molar-refractivity contribution in [2.24, 2.45) is 0 Å². The lowest BCUT2D eigenvalue weighted by Gasteiger charge is -1.98. The monoisotopic (exact) mass is 173 g/mol. The molecule has 1 aliphatic heterocycles. The molecule has 0 aliphatic carbocycles. The van der Waals surface area contributed by atoms with Crippen molar-refractivity contribution in [1.82, 2.24) is 0 Å². The number of hydrogen-bond donors (Lipinski definition) is 1. The molecule has 66 valence electrons. The van der Waals surface area contributed by atoms with Gasteiger partial charge in [-0.05, 0) is 19.9 Å². The lowest BCUT2D eigenvalue weighted by molar-refractivity contribution is -0.110. The Morgan fingerprint density at radius 3 is 2.62 bits per heavy atom. The van der Waals surface area contributed by atoms with E-state index in [1.54, 1.807) is 0 Å². The largest absolute Gasteiger partial charge is 0.321 e. The molecule has 1 heterocycles. The van der Waals surface area contributed by atoms with Gasteiger partial charge in [0.25, 0.3) is 5.91 Å². The van der Waals surface area contributed by atoms with E-state index in [0.717, 1.165) is 22.4 Å². The van der Waals surface area contributed by atoms with E-state index < -0.39 is 0 Å². The molecule has 0 bridgehead atoms. The van der Waals surface area contributed by atoms with Gasteiger partial charge < -0.3 is 5.32 Å². The first-order chi connectivity index (χ1) is 6.20. The second kappa shape index (κ2) is 2.73. The van der Waals surface area contributed by atoms with Gasteiger partial charge >= 0.3 is 0 Å². The maximum atomic E-state index is 11.5. The molecule has 1 aliphatic rings. The van der Waals surface area contributed by atoms with Gasteiger partial charge in [-0.1, -0.05) is 23.8 Å². The molecule has 2 nitrogen and oxygen atoms in total. The molecule has 0 aromatic heterocycles. The van der Waals surface area contributed by atoms with E-state index in [-0.39, 0.29) is 5.91 Å². The summed E-state index contributed by atoms with van der Waals surface area (Å²) >= 11 is 0. The van der Waals surface area contributed by atoms with Crippen molar-refractivity contribution >= 4 is 17.2 Å². The number of carbonyl (C=O) groups excluding carboxylic acids is 1. The number of hydrogen-bond acceptors (Lipinski definition) is 1. The number of anilines is 1. The Hall–Kier alpha value is -1.57. The fourth-order valence-corrected chi connectivity index (χ4v) is 1.61. The second-order valence-electron chi connectivity index (χ2n) is 3.37. The lowest BCUT2D eigenvalue weighted by Crippen LogP contribution is -2.04. The molecular weight excluding hydrogens is 162 g/mol. The van der Waals surface area contributed by atoms with E-state index in [4.69, 9.17) is 0 Å². The maximum absolute atomic E-state index is 11.5. The van der Waals surface area contributed by atoms with Crippen LogP contribution in [-0.2, 0) is 4.79 Å². The first kappa shape index (κ1) is 8.05. The highest BCUT2D eigenvalue weighted by molar-refractivity contribution is 6.32. The minimum absolute atomic E-state index is 0.0150. The summed E-state index contributed by atoms with van der Waals surface area (Å²) in [6.45, 7) is 3.91. The summed E-state index contributed by atoms with van der Waals surface area (Å²) in [6, 6.07) is 7.76. The van der Waals surface area contributed by atoms with Crippen LogP contribution in [0.15, 0.2) is 29.8 Å². The fourth-order valence-electron chi connectivity index (χ4n) is 1.61. The van der Waals surface area contributed by atoms with Crippen molar-refractivity contribution in [2.75, 3.05) is 5.32 Å². The van der Waals surface area contributed by atoms with Gasteiger partial charge in [-0.2, -0.15) is 0 Å². The summed E-state index contributed by atoms with van der Waals surface area (Å²) in [5.41, 5.74) is 3.81. The van der Waals surface area contributed by atoms with Crippen molar-refractivity contribution in [1.29, 1.82) is 0 Å². The van der Waals surface area contributed by atoms with Gasteiger partial charge in [0.2, 0.25) is 0 Å². The standard InChI is InChI=1S/C11H11NO/c1-7(2)10-8-5-3-4-6-9(8)12-11(10)13/h3-6H,1-2H3,(H,12,13). The molecule has 1 N–H and O–H groups in total. The summed E-state index contributed by atoms with van der Waals surface area (Å²) in [5, 5.41) is 2.83. The van der Waals surface area contributed by atoms with Crippen LogP contribution in [0.2, 0.25) is 0 Å². The van der Waals surface area contributed by atoms with Gasteiger partial charge in [0, 0.05) is 16.8 Å². The Balaban J connectivity index is 2.67. The van der Waals surface area contributed by atoms with Crippen molar-refractivity contribution in [3.05, 3.63) is 35.4 Å². The van der Waals surface area contributed by atoms with Gasteiger partial charge in [0.05, 0.1) is 0 Å². The number of fused-ring (bicyclic) bond motifs is 1. The third-order valence-electron chi connectivity index (χ3n) is 2.17. The predicted molar refractivity (Wildman–Crippen MR) is 53.3 cm³/mol. The topological polar surface area (TPSA) is 29.1 Å². The van der Waals surface area contributed by atoms with E-state index in [2.05, 4.69) is 5.32 Å². The average molecular weight is 173 g/mol. The number of rotatable bonds is 0. The van der Waals surface area contributed by atoms with Crippen LogP contribution in [0.4, 0.5) is 5.69 Å². The summed E-state index contributed by atoms with van der Waals surface area (Å²) in [5.74, 6) is 0.0150. The molecule has 0 unspecified atom stereocenters. The number of para-hydroxylation sites is 1. The van der Waals surface area contributed by atoms with Gasteiger partial charge in [-0.25, -0.2) is 0 Å². The molecule has 2 rings (SSSR count). The molecule has 0 radical (unpaired) electrons. The van der Waals surface area contributed by atoms with Crippen molar-refractivity contribution in [2.45, 2.75) is 13.8 Å². The van der Waals surface area contributed by atoms with Crippen molar-refractivity contribution < 1.29 is 4.79 Å². The third kappa shape index (κ3) is 1.15. The zero-order valence-electron chi connectivity index (χ0n) is 7.72. The summed E-state index contributed by atoms with van der Waals surface area (Å²) < 4.78 is 0. The van der Waals surface area contributed by atoms with E-state index >= 15 is 0 Å². The Bertz CT molecular complexity index is 400. The van der Waals surface area contributed by atoms with Gasteiger partial charge in [-0.3, -0.25) is 4.79 Å². The average Bonchev–Trinajstić information content (AvgIpc) is 2.39. The van der Waals surface area contributed by atoms with Gasteiger partial charge in [0.15, 0.2) is 0 Å². The highest BCUT2D eigenvalue weighted by Gasteiger charge is 2.23. The molecule has 0 spiro atoms. The van der Waals surface area contributed by atoms with Crippen LogP contribution >= 0.6 is 0 Å². The molecule has 0 saturated carbocycles.